The predicted molar refractivity (Wildman–Crippen MR) is 122 cm³/mol. The van der Waals surface area contributed by atoms with Gasteiger partial charge in [0.2, 0.25) is 5.91 Å². The third-order valence-electron chi connectivity index (χ3n) is 5.74. The first-order valence-corrected chi connectivity index (χ1v) is 11.2. The molecule has 2 aromatic heterocycles. The van der Waals surface area contributed by atoms with E-state index >= 15 is 0 Å². The fourth-order valence-electron chi connectivity index (χ4n) is 4.06. The summed E-state index contributed by atoms with van der Waals surface area (Å²) < 4.78 is 2.22. The van der Waals surface area contributed by atoms with Gasteiger partial charge in [-0.05, 0) is 43.2 Å². The average molecular weight is 455 g/mol. The van der Waals surface area contributed by atoms with Gasteiger partial charge < -0.3 is 4.90 Å². The van der Waals surface area contributed by atoms with Crippen LogP contribution in [0.4, 0.5) is 0 Å². The summed E-state index contributed by atoms with van der Waals surface area (Å²) in [6, 6.07) is 12.3. The second-order valence-electron chi connectivity index (χ2n) is 7.70. The first-order chi connectivity index (χ1) is 15.0. The minimum absolute atomic E-state index is 0.177. The number of halogens is 1. The van der Waals surface area contributed by atoms with E-state index in [1.807, 2.05) is 18.2 Å². The summed E-state index contributed by atoms with van der Waals surface area (Å²) in [5, 5.41) is 4.91. The van der Waals surface area contributed by atoms with Gasteiger partial charge in [0.05, 0.1) is 26.0 Å². The highest BCUT2D eigenvalue weighted by Crippen LogP contribution is 2.34. The second-order valence-corrected chi connectivity index (χ2v) is 9.20. The maximum Gasteiger partial charge on any atom is 0.273 e. The number of thiazole rings is 1. The molecular weight excluding hydrogens is 436 g/mol. The maximum absolute atomic E-state index is 12.8. The zero-order chi connectivity index (χ0) is 21.5. The molecule has 1 saturated heterocycles. The van der Waals surface area contributed by atoms with E-state index in [1.165, 1.54) is 0 Å². The third kappa shape index (κ3) is 3.77. The smallest absolute Gasteiger partial charge is 0.273 e. The lowest BCUT2D eigenvalue weighted by molar-refractivity contribution is -0.133. The van der Waals surface area contributed by atoms with Crippen LogP contribution < -0.4 is 11.1 Å². The largest absolute Gasteiger partial charge is 0.341 e. The van der Waals surface area contributed by atoms with Crippen LogP contribution in [0.15, 0.2) is 52.1 Å². The van der Waals surface area contributed by atoms with Crippen molar-refractivity contribution in [3.05, 3.63) is 73.2 Å². The molecule has 7 nitrogen and oxygen atoms in total. The van der Waals surface area contributed by atoms with Crippen molar-refractivity contribution in [1.29, 1.82) is 0 Å². The number of amides is 1. The lowest BCUT2D eigenvalue weighted by atomic mass is 9.97. The van der Waals surface area contributed by atoms with Crippen molar-refractivity contribution in [3.8, 4) is 0 Å². The first-order valence-electron chi connectivity index (χ1n) is 10.1. The number of aromatic amines is 1. The van der Waals surface area contributed by atoms with Crippen LogP contribution in [-0.2, 0) is 11.3 Å². The molecular formula is C22H19ClN4O3S. The molecule has 0 aliphatic carbocycles. The topological polar surface area (TPSA) is 88.1 Å². The highest BCUT2D eigenvalue weighted by atomic mass is 35.5. The molecule has 0 atom stereocenters. The number of nitrogens with one attached hydrogen (secondary N) is 1. The Morgan fingerprint density at radius 2 is 1.87 bits per heavy atom. The van der Waals surface area contributed by atoms with Gasteiger partial charge in [-0.25, -0.2) is 9.67 Å². The summed E-state index contributed by atoms with van der Waals surface area (Å²) >= 11 is 7.73. The molecule has 2 aromatic carbocycles. The lowest BCUT2D eigenvalue weighted by Crippen LogP contribution is -2.42. The number of fused-ring (bicyclic) bond motifs is 2. The van der Waals surface area contributed by atoms with E-state index < -0.39 is 0 Å². The summed E-state index contributed by atoms with van der Waals surface area (Å²) in [6.07, 6.45) is 1.62. The molecule has 0 saturated carbocycles. The Balaban J connectivity index is 1.29. The molecule has 31 heavy (non-hydrogen) atoms. The van der Waals surface area contributed by atoms with Gasteiger partial charge in [-0.3, -0.25) is 19.5 Å². The number of rotatable bonds is 3. The molecule has 1 fully saturated rings. The third-order valence-corrected chi connectivity index (χ3v) is 7.17. The second kappa shape index (κ2) is 7.94. The van der Waals surface area contributed by atoms with Crippen LogP contribution >= 0.6 is 22.9 Å². The van der Waals surface area contributed by atoms with E-state index in [1.54, 1.807) is 40.5 Å². The zero-order valence-electron chi connectivity index (χ0n) is 16.5. The van der Waals surface area contributed by atoms with Gasteiger partial charge in [0.1, 0.15) is 6.54 Å². The Bertz CT molecular complexity index is 1420. The number of nitrogens with zero attached hydrogens (tertiary/aromatic N) is 3. The Morgan fingerprint density at radius 1 is 1.13 bits per heavy atom. The Labute approximate surface area is 185 Å². The van der Waals surface area contributed by atoms with Crippen LogP contribution in [0.1, 0.15) is 23.8 Å². The van der Waals surface area contributed by atoms with Crippen LogP contribution in [0.5, 0.6) is 0 Å². The van der Waals surface area contributed by atoms with Crippen molar-refractivity contribution in [2.24, 2.45) is 0 Å². The predicted octanol–water partition coefficient (Wildman–Crippen LogP) is 3.36. The summed E-state index contributed by atoms with van der Waals surface area (Å²) in [6.45, 7) is 1.00. The number of piperidine rings is 1. The molecule has 1 amide bonds. The minimum atomic E-state index is -0.377. The molecule has 0 bridgehead atoms. The highest BCUT2D eigenvalue weighted by molar-refractivity contribution is 7.18. The fraction of sp³-hybridized carbons (Fsp3) is 0.273. The van der Waals surface area contributed by atoms with Gasteiger partial charge in [0, 0.05) is 24.0 Å². The molecule has 9 heteroatoms. The van der Waals surface area contributed by atoms with Gasteiger partial charge in [0.15, 0.2) is 0 Å². The van der Waals surface area contributed by atoms with Crippen LogP contribution in [-0.4, -0.2) is 38.7 Å². The van der Waals surface area contributed by atoms with Crippen LogP contribution in [0, 0.1) is 0 Å². The standard InChI is InChI=1S/C22H19ClN4O3S/c23-14-5-6-18-17(11-14)24-21(31-18)13-7-9-26(10-8-13)19(28)12-27-22(30)16-4-2-1-3-15(16)20(29)25-27/h1-6,11,13H,7-10,12H2,(H,25,29). The molecule has 1 aliphatic rings. The fourth-order valence-corrected chi connectivity index (χ4v) is 5.35. The van der Waals surface area contributed by atoms with Crippen molar-refractivity contribution in [2.75, 3.05) is 13.1 Å². The van der Waals surface area contributed by atoms with Crippen molar-refractivity contribution < 1.29 is 4.79 Å². The SMILES string of the molecule is O=C(Cn1[nH]c(=O)c2ccccc2c1=O)N1CCC(c2nc3cc(Cl)ccc3s2)CC1. The van der Waals surface area contributed by atoms with Crippen LogP contribution in [0.3, 0.4) is 0 Å². The molecule has 3 heterocycles. The van der Waals surface area contributed by atoms with E-state index in [9.17, 15) is 14.4 Å². The zero-order valence-corrected chi connectivity index (χ0v) is 18.1. The summed E-state index contributed by atoms with van der Waals surface area (Å²) in [5.74, 6) is 0.117. The van der Waals surface area contributed by atoms with Crippen LogP contribution in [0.2, 0.25) is 5.02 Å². The molecule has 0 unspecified atom stereocenters. The summed E-state index contributed by atoms with van der Waals surface area (Å²) in [4.78, 5) is 44.2. The van der Waals surface area contributed by atoms with Gasteiger partial charge in [-0.15, -0.1) is 11.3 Å². The number of benzene rings is 2. The highest BCUT2D eigenvalue weighted by Gasteiger charge is 2.26. The van der Waals surface area contributed by atoms with E-state index in [4.69, 9.17) is 16.6 Å². The molecule has 4 aromatic rings. The minimum Gasteiger partial charge on any atom is -0.341 e. The molecule has 1 N–H and O–H groups in total. The number of carbonyl (C=O) groups is 1. The molecule has 1 aliphatic heterocycles. The van der Waals surface area contributed by atoms with E-state index in [2.05, 4.69) is 5.10 Å². The van der Waals surface area contributed by atoms with Gasteiger partial charge in [-0.1, -0.05) is 23.7 Å². The Morgan fingerprint density at radius 3 is 2.65 bits per heavy atom. The summed E-state index contributed by atoms with van der Waals surface area (Å²) in [5.41, 5.74) is 0.162. The van der Waals surface area contributed by atoms with E-state index in [-0.39, 0.29) is 23.6 Å². The van der Waals surface area contributed by atoms with Crippen molar-refractivity contribution in [2.45, 2.75) is 25.3 Å². The summed E-state index contributed by atoms with van der Waals surface area (Å²) in [7, 11) is 0. The number of hydrogen-bond donors (Lipinski definition) is 1. The molecule has 5 rings (SSSR count). The lowest BCUT2D eigenvalue weighted by Gasteiger charge is -2.31. The van der Waals surface area contributed by atoms with Gasteiger partial charge in [0.25, 0.3) is 11.1 Å². The Kier molecular flexibility index (Phi) is 5.11. The molecule has 0 radical (unpaired) electrons. The molecule has 158 valence electrons. The number of hydrogen-bond acceptors (Lipinski definition) is 5. The average Bonchev–Trinajstić information content (AvgIpc) is 3.20. The van der Waals surface area contributed by atoms with Crippen molar-refractivity contribution in [1.82, 2.24) is 19.7 Å². The monoisotopic (exact) mass is 454 g/mol. The van der Waals surface area contributed by atoms with Crippen molar-refractivity contribution in [3.63, 3.8) is 0 Å². The number of aromatic nitrogens is 3. The van der Waals surface area contributed by atoms with E-state index in [0.29, 0.717) is 34.8 Å². The normalized spacial score (nSPS) is 15.1. The number of H-pyrrole nitrogens is 1. The van der Waals surface area contributed by atoms with Gasteiger partial charge >= 0.3 is 0 Å². The first kappa shape index (κ1) is 20.0. The van der Waals surface area contributed by atoms with Crippen LogP contribution in [0.25, 0.3) is 21.0 Å². The number of likely N-dealkylation sites (tertiary alicyclic amines) is 1. The quantitative estimate of drug-likeness (QED) is 0.514. The Hall–Kier alpha value is -2.97. The van der Waals surface area contributed by atoms with E-state index in [0.717, 1.165) is 32.7 Å². The van der Waals surface area contributed by atoms with Gasteiger partial charge in [-0.2, -0.15) is 0 Å². The number of carbonyl (C=O) groups excluding carboxylic acids is 1. The van der Waals surface area contributed by atoms with Crippen molar-refractivity contribution >= 4 is 49.8 Å². The maximum atomic E-state index is 12.8. The molecule has 0 spiro atoms.